The van der Waals surface area contributed by atoms with Crippen LogP contribution in [-0.2, 0) is 26.2 Å². The molecule has 0 saturated carbocycles. The molecule has 0 bridgehead atoms. The van der Waals surface area contributed by atoms with E-state index in [0.717, 1.165) is 12.8 Å². The molecule has 0 radical (unpaired) electrons. The summed E-state index contributed by atoms with van der Waals surface area (Å²) in [6.07, 6.45) is 1.92. The second-order valence-corrected chi connectivity index (χ2v) is 0.707. The van der Waals surface area contributed by atoms with E-state index in [1.807, 2.05) is 0 Å². The predicted molar refractivity (Wildman–Crippen MR) is 19.9 cm³/mol. The van der Waals surface area contributed by atoms with Crippen LogP contribution in [-0.4, -0.2) is 0 Å². The van der Waals surface area contributed by atoms with E-state index in [2.05, 4.69) is 13.8 Å². The Morgan fingerprint density at radius 1 is 1.00 bits per heavy atom. The van der Waals surface area contributed by atoms with Crippen LogP contribution in [0.15, 0.2) is 0 Å². The standard InChI is InChI=1S/C4H8.Zr/c1-3-4-2;/h1-4H2;/q-2;+2. The molecule has 0 amide bonds. The first-order chi connectivity index (χ1) is 1.91. The van der Waals surface area contributed by atoms with Crippen LogP contribution in [0.5, 0.6) is 0 Å². The van der Waals surface area contributed by atoms with E-state index in [1.165, 1.54) is 0 Å². The summed E-state index contributed by atoms with van der Waals surface area (Å²) in [5.41, 5.74) is 0. The van der Waals surface area contributed by atoms with Crippen molar-refractivity contribution in [2.45, 2.75) is 12.8 Å². The van der Waals surface area contributed by atoms with Crippen LogP contribution in [0.1, 0.15) is 12.8 Å². The van der Waals surface area contributed by atoms with Gasteiger partial charge < -0.3 is 13.8 Å². The van der Waals surface area contributed by atoms with Crippen LogP contribution >= 0.6 is 0 Å². The minimum Gasteiger partial charge on any atom is -0.346 e. The van der Waals surface area contributed by atoms with Crippen molar-refractivity contribution in [1.29, 1.82) is 0 Å². The van der Waals surface area contributed by atoms with Crippen LogP contribution < -0.4 is 0 Å². The van der Waals surface area contributed by atoms with Crippen LogP contribution in [0.3, 0.4) is 0 Å². The van der Waals surface area contributed by atoms with Crippen molar-refractivity contribution in [1.82, 2.24) is 0 Å². The smallest absolute Gasteiger partial charge is 0.346 e. The Morgan fingerprint density at radius 2 is 1.20 bits per heavy atom. The van der Waals surface area contributed by atoms with Crippen LogP contribution in [0.25, 0.3) is 0 Å². The Bertz CT molecular complexity index is 5.61. The molecule has 0 N–H and O–H groups in total. The van der Waals surface area contributed by atoms with E-state index in [4.69, 9.17) is 0 Å². The van der Waals surface area contributed by atoms with Gasteiger partial charge in [0.05, 0.1) is 0 Å². The molecule has 0 heterocycles. The van der Waals surface area contributed by atoms with Crippen molar-refractivity contribution in [2.75, 3.05) is 0 Å². The summed E-state index contributed by atoms with van der Waals surface area (Å²) >= 11 is 0. The van der Waals surface area contributed by atoms with Crippen molar-refractivity contribution in [2.24, 2.45) is 0 Å². The van der Waals surface area contributed by atoms with Gasteiger partial charge >= 0.3 is 26.2 Å². The molecular weight excluding hydrogens is 139 g/mol. The van der Waals surface area contributed by atoms with Crippen LogP contribution in [0, 0.1) is 13.8 Å². The zero-order valence-corrected chi connectivity index (χ0v) is 5.79. The number of hydrogen-bond acceptors (Lipinski definition) is 0. The zero-order valence-electron chi connectivity index (χ0n) is 3.33. The Hall–Kier alpha value is 0.883. The molecule has 0 aliphatic rings. The zero-order chi connectivity index (χ0) is 3.41. The third-order valence-electron chi connectivity index (χ3n) is 0.250. The van der Waals surface area contributed by atoms with Crippen molar-refractivity contribution >= 4 is 0 Å². The summed E-state index contributed by atoms with van der Waals surface area (Å²) < 4.78 is 0. The average molecular weight is 147 g/mol. The molecule has 0 unspecified atom stereocenters. The molecule has 28 valence electrons. The predicted octanol–water partition coefficient (Wildman–Crippen LogP) is 1.43. The SMILES string of the molecule is [CH2-]CC[CH2-].[Zr+2]. The first-order valence-corrected chi connectivity index (χ1v) is 1.50. The third-order valence-corrected chi connectivity index (χ3v) is 0.250. The second kappa shape index (κ2) is 8.86. The molecular formula is C4H8Zr. The molecule has 0 saturated heterocycles. The molecule has 0 rings (SSSR count). The van der Waals surface area contributed by atoms with E-state index in [0.29, 0.717) is 0 Å². The normalized spacial score (nSPS) is 6.00. The molecule has 0 aromatic rings. The summed E-state index contributed by atoms with van der Waals surface area (Å²) in [6.45, 7) is 7.08. The molecule has 0 nitrogen and oxygen atoms in total. The first kappa shape index (κ1) is 9.30. The van der Waals surface area contributed by atoms with Gasteiger partial charge in [-0.25, -0.2) is 12.8 Å². The molecule has 0 fully saturated rings. The Balaban J connectivity index is 0. The summed E-state index contributed by atoms with van der Waals surface area (Å²) in [4.78, 5) is 0. The van der Waals surface area contributed by atoms with Crippen LogP contribution in [0.2, 0.25) is 0 Å². The van der Waals surface area contributed by atoms with Crippen molar-refractivity contribution in [3.63, 3.8) is 0 Å². The molecule has 0 atom stereocenters. The third kappa shape index (κ3) is 11.4. The van der Waals surface area contributed by atoms with Crippen LogP contribution in [0.4, 0.5) is 0 Å². The van der Waals surface area contributed by atoms with Crippen molar-refractivity contribution in [3.05, 3.63) is 13.8 Å². The van der Waals surface area contributed by atoms with Crippen molar-refractivity contribution < 1.29 is 26.2 Å². The van der Waals surface area contributed by atoms with E-state index in [1.54, 1.807) is 0 Å². The fourth-order valence-corrected chi connectivity index (χ4v) is 0. The summed E-state index contributed by atoms with van der Waals surface area (Å²) in [6, 6.07) is 0. The van der Waals surface area contributed by atoms with Gasteiger partial charge in [-0.05, 0) is 0 Å². The Morgan fingerprint density at radius 3 is 1.20 bits per heavy atom. The van der Waals surface area contributed by atoms with E-state index >= 15 is 0 Å². The van der Waals surface area contributed by atoms with E-state index in [-0.39, 0.29) is 26.2 Å². The van der Waals surface area contributed by atoms with Gasteiger partial charge in [0.25, 0.3) is 0 Å². The Kier molecular flexibility index (Phi) is 16.5. The maximum Gasteiger partial charge on any atom is 2.00 e. The van der Waals surface area contributed by atoms with E-state index < -0.39 is 0 Å². The van der Waals surface area contributed by atoms with Gasteiger partial charge in [0.1, 0.15) is 0 Å². The fourth-order valence-electron chi connectivity index (χ4n) is 0. The quantitative estimate of drug-likeness (QED) is 0.492. The van der Waals surface area contributed by atoms with Gasteiger partial charge in [-0.1, -0.05) is 0 Å². The maximum absolute atomic E-state index is 3.54. The fraction of sp³-hybridized carbons (Fsp3) is 0.500. The van der Waals surface area contributed by atoms with Gasteiger partial charge in [0, 0.05) is 0 Å². The van der Waals surface area contributed by atoms with Crippen molar-refractivity contribution in [3.8, 4) is 0 Å². The number of rotatable bonds is 1. The number of hydrogen-bond donors (Lipinski definition) is 0. The minimum absolute atomic E-state index is 0. The summed E-state index contributed by atoms with van der Waals surface area (Å²) in [5.74, 6) is 0. The molecule has 1 heteroatoms. The van der Waals surface area contributed by atoms with Gasteiger partial charge in [-0.2, -0.15) is 0 Å². The first-order valence-electron chi connectivity index (χ1n) is 1.50. The average Bonchev–Trinajstić information content (AvgIpc) is 1.37. The molecule has 0 aromatic carbocycles. The largest absolute Gasteiger partial charge is 2.00 e. The van der Waals surface area contributed by atoms with Gasteiger partial charge in [0.15, 0.2) is 0 Å². The minimum atomic E-state index is 0. The Labute approximate surface area is 53.1 Å². The number of unbranched alkanes of at least 4 members (excludes halogenated alkanes) is 1. The molecule has 0 spiro atoms. The topological polar surface area (TPSA) is 0 Å². The summed E-state index contributed by atoms with van der Waals surface area (Å²) in [7, 11) is 0. The van der Waals surface area contributed by atoms with E-state index in [9.17, 15) is 0 Å². The second-order valence-electron chi connectivity index (χ2n) is 0.707. The van der Waals surface area contributed by atoms with Gasteiger partial charge in [-0.15, -0.1) is 0 Å². The molecule has 0 aromatic heterocycles. The molecule has 0 aliphatic heterocycles. The molecule has 0 aliphatic carbocycles. The monoisotopic (exact) mass is 146 g/mol. The molecule has 5 heavy (non-hydrogen) atoms. The maximum atomic E-state index is 3.54. The van der Waals surface area contributed by atoms with Gasteiger partial charge in [-0.3, -0.25) is 0 Å². The summed E-state index contributed by atoms with van der Waals surface area (Å²) in [5, 5.41) is 0. The van der Waals surface area contributed by atoms with Gasteiger partial charge in [0.2, 0.25) is 0 Å².